The summed E-state index contributed by atoms with van der Waals surface area (Å²) in [4.78, 5) is 0. The number of hydrogen-bond acceptors (Lipinski definition) is 3. The Balaban J connectivity index is 2.34. The van der Waals surface area contributed by atoms with Crippen molar-refractivity contribution in [1.82, 2.24) is 5.32 Å². The average molecular weight is 296 g/mol. The summed E-state index contributed by atoms with van der Waals surface area (Å²) in [7, 11) is 1.75. The van der Waals surface area contributed by atoms with E-state index in [1.165, 1.54) is 0 Å². The maximum atomic E-state index is 6.03. The van der Waals surface area contributed by atoms with E-state index in [0.29, 0.717) is 0 Å². The molecular formula is C16H22ClNO2. The molecule has 0 spiro atoms. The monoisotopic (exact) mass is 295 g/mol. The van der Waals surface area contributed by atoms with Crippen molar-refractivity contribution in [2.45, 2.75) is 38.8 Å². The van der Waals surface area contributed by atoms with Crippen molar-refractivity contribution in [2.24, 2.45) is 0 Å². The van der Waals surface area contributed by atoms with Gasteiger partial charge in [0.2, 0.25) is 0 Å². The first-order valence-electron chi connectivity index (χ1n) is 7.14. The Labute approximate surface area is 125 Å². The van der Waals surface area contributed by atoms with Gasteiger partial charge in [-0.15, -0.1) is 0 Å². The molecule has 0 saturated carbocycles. The van der Waals surface area contributed by atoms with Crippen LogP contribution in [-0.4, -0.2) is 19.8 Å². The topological polar surface area (TPSA) is 34.4 Å². The van der Waals surface area contributed by atoms with E-state index >= 15 is 0 Å². The van der Waals surface area contributed by atoms with Gasteiger partial charge in [0.05, 0.1) is 12.1 Å². The number of benzene rings is 1. The van der Waals surface area contributed by atoms with Crippen LogP contribution < -0.4 is 5.32 Å². The first-order valence-corrected chi connectivity index (χ1v) is 7.52. The lowest BCUT2D eigenvalue weighted by Crippen LogP contribution is -2.32. The fraction of sp³-hybridized carbons (Fsp3) is 0.500. The molecule has 1 heterocycles. The Morgan fingerprint density at radius 3 is 2.75 bits per heavy atom. The number of ether oxygens (including phenoxy) is 1. The summed E-state index contributed by atoms with van der Waals surface area (Å²) in [5.74, 6) is 0.907. The van der Waals surface area contributed by atoms with E-state index in [4.69, 9.17) is 20.8 Å². The van der Waals surface area contributed by atoms with Crippen LogP contribution in [0.5, 0.6) is 0 Å². The van der Waals surface area contributed by atoms with Crippen LogP contribution in [-0.2, 0) is 4.74 Å². The number of hydrogen-bond donors (Lipinski definition) is 1. The van der Waals surface area contributed by atoms with Gasteiger partial charge in [-0.05, 0) is 37.2 Å². The number of methoxy groups -OCH3 is 1. The van der Waals surface area contributed by atoms with Gasteiger partial charge in [0.15, 0.2) is 0 Å². The van der Waals surface area contributed by atoms with Crippen molar-refractivity contribution in [3.05, 3.63) is 35.0 Å². The van der Waals surface area contributed by atoms with Gasteiger partial charge in [0.25, 0.3) is 0 Å². The van der Waals surface area contributed by atoms with Crippen molar-refractivity contribution < 1.29 is 9.15 Å². The molecule has 4 heteroatoms. The molecule has 0 saturated heterocycles. The van der Waals surface area contributed by atoms with Crippen LogP contribution in [0.3, 0.4) is 0 Å². The zero-order chi connectivity index (χ0) is 14.5. The number of fused-ring (bicyclic) bond motifs is 1. The molecule has 2 rings (SSSR count). The highest BCUT2D eigenvalue weighted by atomic mass is 35.5. The second kappa shape index (κ2) is 7.11. The zero-order valence-electron chi connectivity index (χ0n) is 12.3. The maximum Gasteiger partial charge on any atom is 0.134 e. The van der Waals surface area contributed by atoms with Crippen LogP contribution in [0, 0.1) is 0 Å². The summed E-state index contributed by atoms with van der Waals surface area (Å²) in [6, 6.07) is 7.80. The summed E-state index contributed by atoms with van der Waals surface area (Å²) in [5, 5.41) is 5.21. The van der Waals surface area contributed by atoms with E-state index in [0.717, 1.165) is 41.1 Å². The number of halogens is 1. The predicted octanol–water partition coefficient (Wildman–Crippen LogP) is 4.55. The highest BCUT2D eigenvalue weighted by Crippen LogP contribution is 2.29. The molecule has 0 fully saturated rings. The number of rotatable bonds is 7. The lowest BCUT2D eigenvalue weighted by Gasteiger charge is -2.24. The van der Waals surface area contributed by atoms with Crippen LogP contribution in [0.2, 0.25) is 5.02 Å². The largest absolute Gasteiger partial charge is 0.459 e. The van der Waals surface area contributed by atoms with Crippen molar-refractivity contribution >= 4 is 22.6 Å². The van der Waals surface area contributed by atoms with Crippen molar-refractivity contribution in [3.63, 3.8) is 0 Å². The lowest BCUT2D eigenvalue weighted by molar-refractivity contribution is 0.0547. The Bertz CT molecular complexity index is 552. The Morgan fingerprint density at radius 2 is 2.10 bits per heavy atom. The average Bonchev–Trinajstić information content (AvgIpc) is 2.85. The fourth-order valence-electron chi connectivity index (χ4n) is 2.53. The molecule has 2 unspecified atom stereocenters. The zero-order valence-corrected chi connectivity index (χ0v) is 13.0. The molecule has 0 aliphatic heterocycles. The van der Waals surface area contributed by atoms with Gasteiger partial charge in [-0.2, -0.15) is 0 Å². The molecule has 20 heavy (non-hydrogen) atoms. The van der Waals surface area contributed by atoms with E-state index in [1.54, 1.807) is 7.11 Å². The lowest BCUT2D eigenvalue weighted by atomic mass is 10.0. The summed E-state index contributed by atoms with van der Waals surface area (Å²) in [6.07, 6.45) is 2.18. The molecule has 1 aromatic heterocycles. The maximum absolute atomic E-state index is 6.03. The van der Waals surface area contributed by atoms with E-state index in [1.807, 2.05) is 18.2 Å². The van der Waals surface area contributed by atoms with Crippen molar-refractivity contribution in [1.29, 1.82) is 0 Å². The van der Waals surface area contributed by atoms with E-state index in [-0.39, 0.29) is 12.1 Å². The van der Waals surface area contributed by atoms with Crippen molar-refractivity contribution in [2.75, 3.05) is 13.7 Å². The van der Waals surface area contributed by atoms with Gasteiger partial charge in [-0.1, -0.05) is 31.9 Å². The molecule has 3 nitrogen and oxygen atoms in total. The molecule has 0 amide bonds. The summed E-state index contributed by atoms with van der Waals surface area (Å²) in [5.41, 5.74) is 0.860. The summed E-state index contributed by atoms with van der Waals surface area (Å²) in [6.45, 7) is 5.12. The van der Waals surface area contributed by atoms with Gasteiger partial charge in [-0.25, -0.2) is 0 Å². The molecule has 2 aromatic rings. The third kappa shape index (κ3) is 3.35. The molecule has 1 N–H and O–H groups in total. The summed E-state index contributed by atoms with van der Waals surface area (Å²) < 4.78 is 11.6. The number of likely N-dealkylation sites (N-methyl/N-ethyl adjacent to an activating group) is 1. The molecule has 0 aliphatic carbocycles. The SMILES string of the molecule is CCCC(OC)C(NCC)c1cc2cc(Cl)ccc2o1. The van der Waals surface area contributed by atoms with Gasteiger partial charge in [0, 0.05) is 17.5 Å². The second-order valence-electron chi connectivity index (χ2n) is 4.93. The highest BCUT2D eigenvalue weighted by Gasteiger charge is 2.25. The molecule has 0 bridgehead atoms. The molecule has 0 aliphatic rings. The minimum Gasteiger partial charge on any atom is -0.459 e. The van der Waals surface area contributed by atoms with Crippen LogP contribution >= 0.6 is 11.6 Å². The first kappa shape index (κ1) is 15.4. The summed E-state index contributed by atoms with van der Waals surface area (Å²) >= 11 is 6.03. The minimum absolute atomic E-state index is 0.0659. The van der Waals surface area contributed by atoms with Crippen LogP contribution in [0.1, 0.15) is 38.5 Å². The quantitative estimate of drug-likeness (QED) is 0.813. The molecular weight excluding hydrogens is 274 g/mol. The smallest absolute Gasteiger partial charge is 0.134 e. The van der Waals surface area contributed by atoms with Crippen molar-refractivity contribution in [3.8, 4) is 0 Å². The van der Waals surface area contributed by atoms with Crippen LogP contribution in [0.15, 0.2) is 28.7 Å². The Kier molecular flexibility index (Phi) is 5.46. The van der Waals surface area contributed by atoms with Gasteiger partial charge in [0.1, 0.15) is 11.3 Å². The van der Waals surface area contributed by atoms with Gasteiger partial charge < -0.3 is 14.5 Å². The number of nitrogens with one attached hydrogen (secondary N) is 1. The van der Waals surface area contributed by atoms with E-state index in [2.05, 4.69) is 25.2 Å². The van der Waals surface area contributed by atoms with Crippen LogP contribution in [0.25, 0.3) is 11.0 Å². The molecule has 110 valence electrons. The highest BCUT2D eigenvalue weighted by molar-refractivity contribution is 6.31. The minimum atomic E-state index is 0.0659. The normalized spacial score (nSPS) is 14.6. The van der Waals surface area contributed by atoms with Gasteiger partial charge in [-0.3, -0.25) is 0 Å². The Morgan fingerprint density at radius 1 is 1.30 bits per heavy atom. The van der Waals surface area contributed by atoms with E-state index in [9.17, 15) is 0 Å². The first-order chi connectivity index (χ1) is 9.69. The van der Waals surface area contributed by atoms with Gasteiger partial charge >= 0.3 is 0 Å². The molecule has 0 radical (unpaired) electrons. The third-order valence-corrected chi connectivity index (χ3v) is 3.71. The standard InChI is InChI=1S/C16H22ClNO2/c1-4-6-14(19-3)16(18-5-2)15-10-11-9-12(17)7-8-13(11)20-15/h7-10,14,16,18H,4-6H2,1-3H3. The third-order valence-electron chi connectivity index (χ3n) is 3.48. The number of furan rings is 1. The van der Waals surface area contributed by atoms with Crippen LogP contribution in [0.4, 0.5) is 0 Å². The Hall–Kier alpha value is -1.03. The fourth-order valence-corrected chi connectivity index (χ4v) is 2.71. The second-order valence-corrected chi connectivity index (χ2v) is 5.37. The molecule has 2 atom stereocenters. The molecule has 1 aromatic carbocycles. The predicted molar refractivity (Wildman–Crippen MR) is 83.3 cm³/mol. The van der Waals surface area contributed by atoms with E-state index < -0.39 is 0 Å².